The molecule has 4 rings (SSSR count). The summed E-state index contributed by atoms with van der Waals surface area (Å²) in [6, 6.07) is 13.7. The van der Waals surface area contributed by atoms with Crippen molar-refractivity contribution in [2.45, 2.75) is 25.8 Å². The van der Waals surface area contributed by atoms with Gasteiger partial charge in [-0.15, -0.1) is 0 Å². The van der Waals surface area contributed by atoms with Gasteiger partial charge in [-0.1, -0.05) is 29.4 Å². The second-order valence-corrected chi connectivity index (χ2v) is 6.69. The zero-order valence-corrected chi connectivity index (χ0v) is 15.5. The molecule has 1 atom stereocenters. The maximum absolute atomic E-state index is 13.1. The molecule has 0 aliphatic carbocycles. The van der Waals surface area contributed by atoms with E-state index in [0.717, 1.165) is 11.1 Å². The zero-order chi connectivity index (χ0) is 19.5. The third-order valence-corrected chi connectivity index (χ3v) is 4.72. The van der Waals surface area contributed by atoms with E-state index in [1.165, 1.54) is 12.1 Å². The highest BCUT2D eigenvalue weighted by atomic mass is 19.1. The number of likely N-dealkylation sites (tertiary alicyclic amines) is 1. The van der Waals surface area contributed by atoms with Crippen LogP contribution in [0, 0.1) is 5.82 Å². The van der Waals surface area contributed by atoms with Crippen molar-refractivity contribution in [2.75, 3.05) is 13.2 Å². The maximum atomic E-state index is 13.1. The number of carbonyl (C=O) groups is 1. The van der Waals surface area contributed by atoms with Gasteiger partial charge in [0.2, 0.25) is 17.6 Å². The standard InChI is InChI=1S/C21H20FN3O3/c1-2-27-18-6-4-3-5-17(18)20-23-21(28-24-20)15-11-19(26)25(13-15)12-14-7-9-16(22)10-8-14/h3-10,15H,2,11-13H2,1H3. The van der Waals surface area contributed by atoms with Crippen LogP contribution in [0.3, 0.4) is 0 Å². The number of aromatic nitrogens is 2. The van der Waals surface area contributed by atoms with Crippen LogP contribution < -0.4 is 4.74 Å². The number of hydrogen-bond donors (Lipinski definition) is 0. The zero-order valence-electron chi connectivity index (χ0n) is 15.5. The molecule has 1 fully saturated rings. The number of halogens is 1. The van der Waals surface area contributed by atoms with E-state index >= 15 is 0 Å². The monoisotopic (exact) mass is 381 g/mol. The average Bonchev–Trinajstić information content (AvgIpc) is 3.32. The minimum absolute atomic E-state index is 0.0174. The highest BCUT2D eigenvalue weighted by Crippen LogP contribution is 2.32. The highest BCUT2D eigenvalue weighted by molar-refractivity contribution is 5.79. The van der Waals surface area contributed by atoms with Gasteiger partial charge in [0.05, 0.1) is 18.1 Å². The third kappa shape index (κ3) is 3.74. The molecule has 0 bridgehead atoms. The number of rotatable bonds is 6. The van der Waals surface area contributed by atoms with Crippen molar-refractivity contribution in [2.24, 2.45) is 0 Å². The van der Waals surface area contributed by atoms with Gasteiger partial charge in [0.25, 0.3) is 0 Å². The summed E-state index contributed by atoms with van der Waals surface area (Å²) in [7, 11) is 0. The highest BCUT2D eigenvalue weighted by Gasteiger charge is 2.34. The van der Waals surface area contributed by atoms with Gasteiger partial charge in [0, 0.05) is 19.5 Å². The van der Waals surface area contributed by atoms with Crippen molar-refractivity contribution in [1.82, 2.24) is 15.0 Å². The third-order valence-electron chi connectivity index (χ3n) is 4.72. The van der Waals surface area contributed by atoms with Crippen LogP contribution in [0.5, 0.6) is 5.75 Å². The SMILES string of the molecule is CCOc1ccccc1-c1noc(C2CC(=O)N(Cc3ccc(F)cc3)C2)n1. The minimum atomic E-state index is -0.292. The number of benzene rings is 2. The van der Waals surface area contributed by atoms with E-state index in [-0.39, 0.29) is 17.6 Å². The van der Waals surface area contributed by atoms with Gasteiger partial charge in [-0.2, -0.15) is 4.98 Å². The molecule has 7 heteroatoms. The van der Waals surface area contributed by atoms with Crippen LogP contribution in [0.4, 0.5) is 4.39 Å². The first-order valence-electron chi connectivity index (χ1n) is 9.22. The molecule has 0 N–H and O–H groups in total. The molecule has 1 saturated heterocycles. The Morgan fingerprint density at radius 2 is 2.00 bits per heavy atom. The molecule has 1 aliphatic rings. The topological polar surface area (TPSA) is 68.5 Å². The lowest BCUT2D eigenvalue weighted by molar-refractivity contribution is -0.128. The van der Waals surface area contributed by atoms with Crippen LogP contribution in [-0.2, 0) is 11.3 Å². The van der Waals surface area contributed by atoms with E-state index in [1.54, 1.807) is 17.0 Å². The minimum Gasteiger partial charge on any atom is -0.493 e. The van der Waals surface area contributed by atoms with E-state index in [1.807, 2.05) is 31.2 Å². The first-order valence-corrected chi connectivity index (χ1v) is 9.22. The lowest BCUT2D eigenvalue weighted by Crippen LogP contribution is -2.24. The van der Waals surface area contributed by atoms with Crippen molar-refractivity contribution in [3.63, 3.8) is 0 Å². The van der Waals surface area contributed by atoms with E-state index in [2.05, 4.69) is 10.1 Å². The van der Waals surface area contributed by atoms with Crippen LogP contribution in [0.2, 0.25) is 0 Å². The Hall–Kier alpha value is -3.22. The number of hydrogen-bond acceptors (Lipinski definition) is 5. The number of amides is 1. The number of nitrogens with zero attached hydrogens (tertiary/aromatic N) is 3. The van der Waals surface area contributed by atoms with Gasteiger partial charge in [0.1, 0.15) is 11.6 Å². The van der Waals surface area contributed by atoms with Crippen molar-refractivity contribution in [1.29, 1.82) is 0 Å². The molecule has 1 aliphatic heterocycles. The molecule has 2 heterocycles. The summed E-state index contributed by atoms with van der Waals surface area (Å²) in [4.78, 5) is 18.6. The summed E-state index contributed by atoms with van der Waals surface area (Å²) in [5.41, 5.74) is 1.64. The van der Waals surface area contributed by atoms with Crippen molar-refractivity contribution >= 4 is 5.91 Å². The fraction of sp³-hybridized carbons (Fsp3) is 0.286. The molecular weight excluding hydrogens is 361 g/mol. The van der Waals surface area contributed by atoms with Gasteiger partial charge in [-0.05, 0) is 36.8 Å². The molecule has 1 unspecified atom stereocenters. The summed E-state index contributed by atoms with van der Waals surface area (Å²) >= 11 is 0. The van der Waals surface area contributed by atoms with Crippen LogP contribution in [0.15, 0.2) is 53.1 Å². The Balaban J connectivity index is 1.49. The first-order chi connectivity index (χ1) is 13.6. The van der Waals surface area contributed by atoms with Gasteiger partial charge in [0.15, 0.2) is 0 Å². The summed E-state index contributed by atoms with van der Waals surface area (Å²) in [6.45, 7) is 3.38. The normalized spacial score (nSPS) is 16.6. The van der Waals surface area contributed by atoms with Gasteiger partial charge in [-0.25, -0.2) is 4.39 Å². The maximum Gasteiger partial charge on any atom is 0.232 e. The van der Waals surface area contributed by atoms with E-state index in [4.69, 9.17) is 9.26 Å². The molecule has 6 nitrogen and oxygen atoms in total. The van der Waals surface area contributed by atoms with Crippen LogP contribution in [-0.4, -0.2) is 34.1 Å². The molecule has 0 saturated carbocycles. The summed E-state index contributed by atoms with van der Waals surface area (Å²) in [5, 5.41) is 4.08. The number of para-hydroxylation sites is 1. The molecule has 1 amide bonds. The first kappa shape index (κ1) is 18.2. The number of ether oxygens (including phenoxy) is 1. The van der Waals surface area contributed by atoms with Crippen LogP contribution >= 0.6 is 0 Å². The Morgan fingerprint density at radius 3 is 2.79 bits per heavy atom. The molecule has 0 radical (unpaired) electrons. The molecule has 3 aromatic rings. The fourth-order valence-electron chi connectivity index (χ4n) is 3.34. The Kier molecular flexibility index (Phi) is 5.06. The molecule has 1 aromatic heterocycles. The second kappa shape index (κ2) is 7.80. The van der Waals surface area contributed by atoms with E-state index in [9.17, 15) is 9.18 Å². The summed E-state index contributed by atoms with van der Waals surface area (Å²) < 4.78 is 24.1. The molecule has 28 heavy (non-hydrogen) atoms. The average molecular weight is 381 g/mol. The van der Waals surface area contributed by atoms with Crippen molar-refractivity contribution in [3.05, 3.63) is 65.8 Å². The van der Waals surface area contributed by atoms with Crippen LogP contribution in [0.1, 0.15) is 30.7 Å². The molecular formula is C21H20FN3O3. The van der Waals surface area contributed by atoms with E-state index in [0.29, 0.717) is 43.6 Å². The molecule has 2 aromatic carbocycles. The Morgan fingerprint density at radius 1 is 1.21 bits per heavy atom. The largest absolute Gasteiger partial charge is 0.493 e. The quantitative estimate of drug-likeness (QED) is 0.650. The van der Waals surface area contributed by atoms with Crippen molar-refractivity contribution < 1.29 is 18.4 Å². The number of carbonyl (C=O) groups excluding carboxylic acids is 1. The van der Waals surface area contributed by atoms with Crippen LogP contribution in [0.25, 0.3) is 11.4 Å². The Labute approximate surface area is 161 Å². The molecule has 0 spiro atoms. The van der Waals surface area contributed by atoms with E-state index < -0.39 is 0 Å². The van der Waals surface area contributed by atoms with Gasteiger partial charge in [-0.3, -0.25) is 4.79 Å². The second-order valence-electron chi connectivity index (χ2n) is 6.69. The summed E-state index contributed by atoms with van der Waals surface area (Å²) in [6.07, 6.45) is 0.315. The predicted molar refractivity (Wildman–Crippen MR) is 100 cm³/mol. The lowest BCUT2D eigenvalue weighted by atomic mass is 10.1. The molecule has 144 valence electrons. The fourth-order valence-corrected chi connectivity index (χ4v) is 3.34. The summed E-state index contributed by atoms with van der Waals surface area (Å²) in [5.74, 6) is 1.15. The Bertz CT molecular complexity index is 971. The predicted octanol–water partition coefficient (Wildman–Crippen LogP) is 3.79. The van der Waals surface area contributed by atoms with Crippen molar-refractivity contribution in [3.8, 4) is 17.1 Å². The lowest BCUT2D eigenvalue weighted by Gasteiger charge is -2.15. The smallest absolute Gasteiger partial charge is 0.232 e. The van der Waals surface area contributed by atoms with Gasteiger partial charge >= 0.3 is 0 Å². The van der Waals surface area contributed by atoms with Gasteiger partial charge < -0.3 is 14.2 Å².